The van der Waals surface area contributed by atoms with Crippen LogP contribution in [0.25, 0.3) is 0 Å². The molecule has 110 valence electrons. The number of benzene rings is 1. The van der Waals surface area contributed by atoms with Gasteiger partial charge in [0.2, 0.25) is 5.91 Å². The van der Waals surface area contributed by atoms with Crippen LogP contribution in [0.2, 0.25) is 0 Å². The number of carbonyl (C=O) groups excluding carboxylic acids is 2. The largest absolute Gasteiger partial charge is 0.369 e. The molecule has 2 atom stereocenters. The molecule has 4 nitrogen and oxygen atoms in total. The molecule has 0 aliphatic carbocycles. The summed E-state index contributed by atoms with van der Waals surface area (Å²) in [6.07, 6.45) is 1.24. The lowest BCUT2D eigenvalue weighted by atomic mass is 9.90. The number of Topliss-reactive ketones (excluding diaryl/α,β-unsaturated/α-hetero) is 1. The van der Waals surface area contributed by atoms with Crippen LogP contribution in [0.5, 0.6) is 0 Å². The zero-order valence-corrected chi connectivity index (χ0v) is 12.2. The van der Waals surface area contributed by atoms with E-state index >= 15 is 0 Å². The summed E-state index contributed by atoms with van der Waals surface area (Å²) in [7, 11) is 0. The third-order valence-corrected chi connectivity index (χ3v) is 3.31. The molecule has 4 N–H and O–H groups in total. The van der Waals surface area contributed by atoms with Crippen LogP contribution in [0.1, 0.15) is 32.3 Å². The monoisotopic (exact) mass is 276 g/mol. The number of hydrogen-bond acceptors (Lipinski definition) is 3. The molecule has 0 heterocycles. The van der Waals surface area contributed by atoms with Gasteiger partial charge in [-0.1, -0.05) is 44.2 Å². The van der Waals surface area contributed by atoms with Gasteiger partial charge in [-0.25, -0.2) is 0 Å². The van der Waals surface area contributed by atoms with Gasteiger partial charge in [0, 0.05) is 12.3 Å². The minimum absolute atomic E-state index is 0.0848. The maximum Gasteiger partial charge on any atom is 0.221 e. The molecule has 0 spiro atoms. The summed E-state index contributed by atoms with van der Waals surface area (Å²) in [5.74, 6) is -0.657. The summed E-state index contributed by atoms with van der Waals surface area (Å²) in [5, 5.41) is 0. The number of carbonyl (C=O) groups is 2. The highest BCUT2D eigenvalue weighted by Crippen LogP contribution is 2.15. The molecule has 1 aromatic rings. The van der Waals surface area contributed by atoms with Crippen molar-refractivity contribution in [2.75, 3.05) is 0 Å². The molecule has 20 heavy (non-hydrogen) atoms. The molecule has 0 aromatic heterocycles. The standard InChI is InChI=1S/C16H24N2O2/c1-11(2)8-14(17)15(19)10-13(16(18)20)9-12-6-4-3-5-7-12/h3-7,11,13-14H,8-10,17H2,1-2H3,(H2,18,20). The lowest BCUT2D eigenvalue weighted by molar-refractivity contribution is -0.128. The van der Waals surface area contributed by atoms with E-state index in [1.165, 1.54) is 0 Å². The Morgan fingerprint density at radius 1 is 1.15 bits per heavy atom. The van der Waals surface area contributed by atoms with Crippen molar-refractivity contribution in [2.24, 2.45) is 23.3 Å². The number of nitrogens with two attached hydrogens (primary N) is 2. The summed E-state index contributed by atoms with van der Waals surface area (Å²) in [6, 6.07) is 9.06. The molecule has 0 radical (unpaired) electrons. The maximum atomic E-state index is 12.1. The van der Waals surface area contributed by atoms with Gasteiger partial charge >= 0.3 is 0 Å². The van der Waals surface area contributed by atoms with Gasteiger partial charge in [-0.3, -0.25) is 9.59 Å². The van der Waals surface area contributed by atoms with E-state index in [1.54, 1.807) is 0 Å². The predicted molar refractivity (Wildman–Crippen MR) is 79.9 cm³/mol. The Kier molecular flexibility index (Phi) is 6.39. The molecule has 0 bridgehead atoms. The van der Waals surface area contributed by atoms with Gasteiger partial charge in [0.05, 0.1) is 6.04 Å². The molecule has 4 heteroatoms. The van der Waals surface area contributed by atoms with Crippen molar-refractivity contribution < 1.29 is 9.59 Å². The molecule has 1 amide bonds. The highest BCUT2D eigenvalue weighted by atomic mass is 16.1. The average molecular weight is 276 g/mol. The van der Waals surface area contributed by atoms with E-state index < -0.39 is 17.9 Å². The fraction of sp³-hybridized carbons (Fsp3) is 0.500. The van der Waals surface area contributed by atoms with Crippen molar-refractivity contribution in [3.63, 3.8) is 0 Å². The molecule has 0 fully saturated rings. The number of ketones is 1. The molecule has 1 rings (SSSR count). The molecule has 0 saturated carbocycles. The SMILES string of the molecule is CC(C)CC(N)C(=O)CC(Cc1ccccc1)C(N)=O. The fourth-order valence-corrected chi connectivity index (χ4v) is 2.21. The molecule has 0 aliphatic rings. The van der Waals surface area contributed by atoms with Crippen molar-refractivity contribution in [2.45, 2.75) is 39.2 Å². The predicted octanol–water partition coefficient (Wildman–Crippen LogP) is 1.66. The van der Waals surface area contributed by atoms with Gasteiger partial charge < -0.3 is 11.5 Å². The molecule has 0 saturated heterocycles. The van der Waals surface area contributed by atoms with E-state index in [9.17, 15) is 9.59 Å². The summed E-state index contributed by atoms with van der Waals surface area (Å²) in [5.41, 5.74) is 12.3. The van der Waals surface area contributed by atoms with Crippen LogP contribution in [0.15, 0.2) is 30.3 Å². The van der Waals surface area contributed by atoms with Crippen LogP contribution in [-0.2, 0) is 16.0 Å². The zero-order valence-electron chi connectivity index (χ0n) is 12.2. The molecule has 1 aromatic carbocycles. The van der Waals surface area contributed by atoms with Gasteiger partial charge in [0.25, 0.3) is 0 Å². The maximum absolute atomic E-state index is 12.1. The van der Waals surface area contributed by atoms with Crippen LogP contribution in [0.3, 0.4) is 0 Å². The van der Waals surface area contributed by atoms with E-state index in [-0.39, 0.29) is 12.2 Å². The summed E-state index contributed by atoms with van der Waals surface area (Å²) in [4.78, 5) is 23.6. The van der Waals surface area contributed by atoms with E-state index in [0.717, 1.165) is 5.56 Å². The van der Waals surface area contributed by atoms with Gasteiger partial charge in [-0.2, -0.15) is 0 Å². The van der Waals surface area contributed by atoms with Gasteiger partial charge in [0.1, 0.15) is 5.78 Å². The van der Waals surface area contributed by atoms with Crippen LogP contribution < -0.4 is 11.5 Å². The van der Waals surface area contributed by atoms with Crippen molar-refractivity contribution in [3.05, 3.63) is 35.9 Å². The Hall–Kier alpha value is -1.68. The number of hydrogen-bond donors (Lipinski definition) is 2. The second-order valence-electron chi connectivity index (χ2n) is 5.70. The van der Waals surface area contributed by atoms with Crippen molar-refractivity contribution >= 4 is 11.7 Å². The molecule has 2 unspecified atom stereocenters. The number of rotatable bonds is 8. The Bertz CT molecular complexity index is 443. The lowest BCUT2D eigenvalue weighted by Gasteiger charge is -2.17. The van der Waals surface area contributed by atoms with E-state index in [2.05, 4.69) is 0 Å². The average Bonchev–Trinajstić information content (AvgIpc) is 2.38. The van der Waals surface area contributed by atoms with Crippen LogP contribution in [0.4, 0.5) is 0 Å². The van der Waals surface area contributed by atoms with Gasteiger partial charge in [-0.05, 0) is 24.3 Å². The Morgan fingerprint density at radius 3 is 2.25 bits per heavy atom. The summed E-state index contributed by atoms with van der Waals surface area (Å²) >= 11 is 0. The topological polar surface area (TPSA) is 86.2 Å². The van der Waals surface area contributed by atoms with Crippen LogP contribution >= 0.6 is 0 Å². The van der Waals surface area contributed by atoms with Crippen molar-refractivity contribution in [1.29, 1.82) is 0 Å². The highest BCUT2D eigenvalue weighted by molar-refractivity contribution is 5.89. The minimum atomic E-state index is -0.507. The van der Waals surface area contributed by atoms with E-state index in [0.29, 0.717) is 18.8 Å². The number of primary amides is 1. The normalized spacial score (nSPS) is 14.0. The zero-order chi connectivity index (χ0) is 15.1. The van der Waals surface area contributed by atoms with Crippen molar-refractivity contribution in [1.82, 2.24) is 0 Å². The highest BCUT2D eigenvalue weighted by Gasteiger charge is 2.23. The number of amides is 1. The third-order valence-electron chi connectivity index (χ3n) is 3.31. The van der Waals surface area contributed by atoms with Gasteiger partial charge in [-0.15, -0.1) is 0 Å². The van der Waals surface area contributed by atoms with E-state index in [4.69, 9.17) is 11.5 Å². The van der Waals surface area contributed by atoms with E-state index in [1.807, 2.05) is 44.2 Å². The first-order valence-corrected chi connectivity index (χ1v) is 7.01. The Morgan fingerprint density at radius 2 is 1.75 bits per heavy atom. The second-order valence-corrected chi connectivity index (χ2v) is 5.70. The first-order valence-electron chi connectivity index (χ1n) is 7.01. The molecule has 0 aliphatic heterocycles. The lowest BCUT2D eigenvalue weighted by Crippen LogP contribution is -2.36. The van der Waals surface area contributed by atoms with Gasteiger partial charge in [0.15, 0.2) is 0 Å². The van der Waals surface area contributed by atoms with Crippen LogP contribution in [-0.4, -0.2) is 17.7 Å². The first-order chi connectivity index (χ1) is 9.40. The molecular formula is C16H24N2O2. The second kappa shape index (κ2) is 7.80. The summed E-state index contributed by atoms with van der Waals surface area (Å²) < 4.78 is 0. The van der Waals surface area contributed by atoms with Crippen LogP contribution in [0, 0.1) is 11.8 Å². The fourth-order valence-electron chi connectivity index (χ4n) is 2.21. The quantitative estimate of drug-likeness (QED) is 0.757. The Balaban J connectivity index is 2.64. The smallest absolute Gasteiger partial charge is 0.221 e. The van der Waals surface area contributed by atoms with Crippen molar-refractivity contribution in [3.8, 4) is 0 Å². The minimum Gasteiger partial charge on any atom is -0.369 e. The molecular weight excluding hydrogens is 252 g/mol. The Labute approximate surface area is 120 Å². The summed E-state index contributed by atoms with van der Waals surface area (Å²) in [6.45, 7) is 4.03. The third kappa shape index (κ3) is 5.53. The first kappa shape index (κ1) is 16.4.